The van der Waals surface area contributed by atoms with Gasteiger partial charge in [0, 0.05) is 17.1 Å². The fourth-order valence-electron chi connectivity index (χ4n) is 2.42. The lowest BCUT2D eigenvalue weighted by atomic mass is 10.2. The van der Waals surface area contributed by atoms with Crippen molar-refractivity contribution in [1.29, 1.82) is 0 Å². The van der Waals surface area contributed by atoms with Crippen LogP contribution in [0.1, 0.15) is 28.9 Å². The van der Waals surface area contributed by atoms with Crippen molar-refractivity contribution in [3.63, 3.8) is 0 Å². The van der Waals surface area contributed by atoms with E-state index in [1.165, 1.54) is 17.5 Å². The zero-order chi connectivity index (χ0) is 20.8. The normalized spacial score (nSPS) is 10.8. The minimum atomic E-state index is -0.344. The molecular weight excluding hydrogens is 433 g/mol. The van der Waals surface area contributed by atoms with E-state index in [1.54, 1.807) is 24.4 Å². The third kappa shape index (κ3) is 5.63. The number of thiazole rings is 1. The lowest BCUT2D eigenvalue weighted by Gasteiger charge is -2.08. The predicted molar refractivity (Wildman–Crippen MR) is 116 cm³/mol. The van der Waals surface area contributed by atoms with Gasteiger partial charge in [0.1, 0.15) is 10.8 Å². The molecule has 152 valence electrons. The molecule has 0 aliphatic heterocycles. The molecule has 1 aromatic carbocycles. The lowest BCUT2D eigenvalue weighted by Crippen LogP contribution is -2.15. The number of amides is 1. The molecular formula is C19H19Cl2N5O2S. The molecule has 0 radical (unpaired) electrons. The maximum Gasteiger partial charge on any atom is 0.316 e. The highest BCUT2D eigenvalue weighted by Crippen LogP contribution is 2.31. The van der Waals surface area contributed by atoms with E-state index in [4.69, 9.17) is 33.7 Å². The number of nitrogens with two attached hydrogens (primary N) is 1. The van der Waals surface area contributed by atoms with Gasteiger partial charge in [-0.05, 0) is 38.4 Å². The zero-order valence-corrected chi connectivity index (χ0v) is 17.9. The van der Waals surface area contributed by atoms with Gasteiger partial charge in [-0.3, -0.25) is 4.79 Å². The van der Waals surface area contributed by atoms with Crippen LogP contribution in [0.15, 0.2) is 29.8 Å². The Morgan fingerprint density at radius 2 is 2.07 bits per heavy atom. The maximum absolute atomic E-state index is 12.6. The van der Waals surface area contributed by atoms with E-state index >= 15 is 0 Å². The maximum atomic E-state index is 12.6. The number of unbranched alkanes of at least 4 members (excludes halogenated alkanes) is 1. The van der Waals surface area contributed by atoms with Crippen molar-refractivity contribution >= 4 is 46.3 Å². The quantitative estimate of drug-likeness (QED) is 0.485. The van der Waals surface area contributed by atoms with Gasteiger partial charge in [-0.1, -0.05) is 29.3 Å². The van der Waals surface area contributed by atoms with Crippen molar-refractivity contribution in [2.45, 2.75) is 19.8 Å². The first-order valence-electron chi connectivity index (χ1n) is 8.86. The summed E-state index contributed by atoms with van der Waals surface area (Å²) in [6.07, 6.45) is 3.14. The standard InChI is InChI=1S/C19H19Cl2N5O2S/c1-11-13(9-23-19(24-11)28-7-3-2-6-22)17(27)25-16-10-29-18(26-16)12-4-5-14(20)15(21)8-12/h4-5,8-10H,2-3,6-7,22H2,1H3,(H,25,27). The fourth-order valence-corrected chi connectivity index (χ4v) is 3.47. The van der Waals surface area contributed by atoms with E-state index in [9.17, 15) is 4.79 Å². The number of hydrogen-bond acceptors (Lipinski definition) is 7. The van der Waals surface area contributed by atoms with E-state index in [1.807, 2.05) is 6.07 Å². The average molecular weight is 452 g/mol. The summed E-state index contributed by atoms with van der Waals surface area (Å²) >= 11 is 13.4. The Morgan fingerprint density at radius 3 is 2.79 bits per heavy atom. The van der Waals surface area contributed by atoms with Crippen LogP contribution >= 0.6 is 34.5 Å². The van der Waals surface area contributed by atoms with Crippen molar-refractivity contribution in [2.75, 3.05) is 18.5 Å². The summed E-state index contributed by atoms with van der Waals surface area (Å²) in [6, 6.07) is 5.51. The number of rotatable bonds is 8. The summed E-state index contributed by atoms with van der Waals surface area (Å²) in [5.41, 5.74) is 7.14. The second-order valence-corrected chi connectivity index (χ2v) is 7.79. The van der Waals surface area contributed by atoms with Gasteiger partial charge in [0.2, 0.25) is 0 Å². The van der Waals surface area contributed by atoms with Crippen LogP contribution in [0, 0.1) is 6.92 Å². The van der Waals surface area contributed by atoms with Crippen molar-refractivity contribution in [2.24, 2.45) is 5.73 Å². The van der Waals surface area contributed by atoms with E-state index in [0.717, 1.165) is 18.4 Å². The molecule has 3 rings (SSSR count). The van der Waals surface area contributed by atoms with Crippen LogP contribution in [-0.4, -0.2) is 34.0 Å². The smallest absolute Gasteiger partial charge is 0.316 e. The number of anilines is 1. The van der Waals surface area contributed by atoms with Gasteiger partial charge in [-0.2, -0.15) is 4.98 Å². The van der Waals surface area contributed by atoms with Crippen molar-refractivity contribution in [3.05, 3.63) is 51.1 Å². The molecule has 10 heteroatoms. The van der Waals surface area contributed by atoms with Gasteiger partial charge in [0.05, 0.1) is 27.9 Å². The van der Waals surface area contributed by atoms with E-state index in [0.29, 0.717) is 45.3 Å². The second-order valence-electron chi connectivity index (χ2n) is 6.12. The highest BCUT2D eigenvalue weighted by Gasteiger charge is 2.15. The minimum Gasteiger partial charge on any atom is -0.463 e. The number of nitrogens with one attached hydrogen (secondary N) is 1. The first-order chi connectivity index (χ1) is 14.0. The van der Waals surface area contributed by atoms with Crippen molar-refractivity contribution in [3.8, 4) is 16.6 Å². The van der Waals surface area contributed by atoms with Crippen LogP contribution < -0.4 is 15.8 Å². The lowest BCUT2D eigenvalue weighted by molar-refractivity contribution is 0.102. The van der Waals surface area contributed by atoms with Gasteiger partial charge in [0.15, 0.2) is 0 Å². The topological polar surface area (TPSA) is 103 Å². The van der Waals surface area contributed by atoms with Gasteiger partial charge >= 0.3 is 6.01 Å². The van der Waals surface area contributed by atoms with Crippen LogP contribution in [0.5, 0.6) is 6.01 Å². The van der Waals surface area contributed by atoms with Crippen LogP contribution in [0.4, 0.5) is 5.82 Å². The number of aryl methyl sites for hydroxylation is 1. The molecule has 1 amide bonds. The highest BCUT2D eigenvalue weighted by molar-refractivity contribution is 7.13. The molecule has 0 unspecified atom stereocenters. The first-order valence-corrected chi connectivity index (χ1v) is 10.5. The summed E-state index contributed by atoms with van der Waals surface area (Å²) in [7, 11) is 0. The third-order valence-electron chi connectivity index (χ3n) is 3.94. The van der Waals surface area contributed by atoms with E-state index in [2.05, 4.69) is 20.3 Å². The summed E-state index contributed by atoms with van der Waals surface area (Å²) in [4.78, 5) is 25.3. The third-order valence-corrected chi connectivity index (χ3v) is 5.57. The largest absolute Gasteiger partial charge is 0.463 e. The number of halogens is 2. The summed E-state index contributed by atoms with van der Waals surface area (Å²) in [5, 5.41) is 6.15. The summed E-state index contributed by atoms with van der Waals surface area (Å²) in [6.45, 7) is 2.83. The monoisotopic (exact) mass is 451 g/mol. The van der Waals surface area contributed by atoms with Crippen molar-refractivity contribution < 1.29 is 9.53 Å². The second kappa shape index (κ2) is 9.98. The molecule has 2 heterocycles. The molecule has 0 fully saturated rings. The molecule has 0 saturated carbocycles. The first kappa shape index (κ1) is 21.4. The van der Waals surface area contributed by atoms with Crippen LogP contribution in [0.25, 0.3) is 10.6 Å². The van der Waals surface area contributed by atoms with Gasteiger partial charge in [-0.25, -0.2) is 9.97 Å². The Balaban J connectivity index is 1.66. The summed E-state index contributed by atoms with van der Waals surface area (Å²) < 4.78 is 5.47. The minimum absolute atomic E-state index is 0.242. The number of ether oxygens (including phenoxy) is 1. The number of aromatic nitrogens is 3. The van der Waals surface area contributed by atoms with Gasteiger partial charge in [0.25, 0.3) is 5.91 Å². The Hall–Kier alpha value is -2.26. The zero-order valence-electron chi connectivity index (χ0n) is 15.6. The predicted octanol–water partition coefficient (Wildman–Crippen LogP) is 4.59. The molecule has 3 N–H and O–H groups in total. The molecule has 0 aliphatic rings. The van der Waals surface area contributed by atoms with Crippen LogP contribution in [0.2, 0.25) is 10.0 Å². The Bertz CT molecular complexity index is 1010. The molecule has 3 aromatic rings. The van der Waals surface area contributed by atoms with E-state index < -0.39 is 0 Å². The Labute approximate surface area is 182 Å². The molecule has 0 atom stereocenters. The molecule has 29 heavy (non-hydrogen) atoms. The Morgan fingerprint density at radius 1 is 1.24 bits per heavy atom. The summed E-state index contributed by atoms with van der Waals surface area (Å²) in [5.74, 6) is 0.0887. The number of benzene rings is 1. The number of hydrogen-bond donors (Lipinski definition) is 2. The molecule has 0 bridgehead atoms. The number of carbonyl (C=O) groups is 1. The molecule has 7 nitrogen and oxygen atoms in total. The SMILES string of the molecule is Cc1nc(OCCCCN)ncc1C(=O)Nc1csc(-c2ccc(Cl)c(Cl)c2)n1. The molecule has 0 spiro atoms. The van der Waals surface area contributed by atoms with Crippen LogP contribution in [0.3, 0.4) is 0 Å². The number of carbonyl (C=O) groups excluding carboxylic acids is 1. The highest BCUT2D eigenvalue weighted by atomic mass is 35.5. The average Bonchev–Trinajstić information content (AvgIpc) is 3.16. The number of nitrogens with zero attached hydrogens (tertiary/aromatic N) is 3. The fraction of sp³-hybridized carbons (Fsp3) is 0.263. The molecule has 2 aromatic heterocycles. The van der Waals surface area contributed by atoms with Crippen molar-refractivity contribution in [1.82, 2.24) is 15.0 Å². The van der Waals surface area contributed by atoms with Gasteiger partial charge < -0.3 is 15.8 Å². The van der Waals surface area contributed by atoms with E-state index in [-0.39, 0.29) is 11.9 Å². The Kier molecular flexibility index (Phi) is 7.38. The van der Waals surface area contributed by atoms with Gasteiger partial charge in [-0.15, -0.1) is 11.3 Å². The molecule has 0 aliphatic carbocycles. The molecule has 0 saturated heterocycles. The van der Waals surface area contributed by atoms with Crippen LogP contribution in [-0.2, 0) is 0 Å².